The lowest BCUT2D eigenvalue weighted by molar-refractivity contribution is 0.180. The largest absolute Gasteiger partial charge is 0.378 e. The molecule has 0 atom stereocenters. The number of methoxy groups -OCH3 is 1. The van der Waals surface area contributed by atoms with Gasteiger partial charge in [-0.2, -0.15) is 5.10 Å². The maximum atomic E-state index is 4.97. The first-order valence-electron chi connectivity index (χ1n) is 3.93. The molecule has 0 N–H and O–H groups in total. The Kier molecular flexibility index (Phi) is 1.66. The van der Waals surface area contributed by atoms with Crippen molar-refractivity contribution in [2.75, 3.05) is 7.11 Å². The molecule has 60 valence electrons. The number of nitrogens with zero attached hydrogens (tertiary/aromatic N) is 2. The van der Waals surface area contributed by atoms with Crippen LogP contribution in [0.3, 0.4) is 0 Å². The molecule has 1 aromatic rings. The standard InChI is InChI=1S/C8H12N2O/c1-11-6-7-4-5-10(9-7)8-2-3-8/h4-5,8H,2-3,6H2,1H3. The van der Waals surface area contributed by atoms with Gasteiger partial charge in [-0.25, -0.2) is 0 Å². The Morgan fingerprint density at radius 1 is 1.73 bits per heavy atom. The van der Waals surface area contributed by atoms with Crippen LogP contribution in [0.15, 0.2) is 12.3 Å². The van der Waals surface area contributed by atoms with Gasteiger partial charge in [0, 0.05) is 13.3 Å². The van der Waals surface area contributed by atoms with Crippen LogP contribution in [0.1, 0.15) is 24.6 Å². The van der Waals surface area contributed by atoms with Crippen LogP contribution in [0.4, 0.5) is 0 Å². The van der Waals surface area contributed by atoms with Crippen molar-refractivity contribution in [2.45, 2.75) is 25.5 Å². The Morgan fingerprint density at radius 2 is 2.55 bits per heavy atom. The van der Waals surface area contributed by atoms with Crippen molar-refractivity contribution in [3.63, 3.8) is 0 Å². The minimum Gasteiger partial charge on any atom is -0.378 e. The van der Waals surface area contributed by atoms with Crippen LogP contribution in [0, 0.1) is 0 Å². The van der Waals surface area contributed by atoms with E-state index in [1.807, 2.05) is 16.9 Å². The molecule has 0 radical (unpaired) electrons. The average molecular weight is 152 g/mol. The minimum absolute atomic E-state index is 0.625. The summed E-state index contributed by atoms with van der Waals surface area (Å²) in [4.78, 5) is 0. The molecule has 0 aromatic carbocycles. The van der Waals surface area contributed by atoms with Crippen molar-refractivity contribution in [1.82, 2.24) is 9.78 Å². The molecule has 1 fully saturated rings. The summed E-state index contributed by atoms with van der Waals surface area (Å²) in [6.45, 7) is 0.625. The Hall–Kier alpha value is -0.830. The van der Waals surface area contributed by atoms with Gasteiger partial charge in [0.15, 0.2) is 0 Å². The lowest BCUT2D eigenvalue weighted by atomic mass is 10.5. The number of rotatable bonds is 3. The van der Waals surface area contributed by atoms with E-state index < -0.39 is 0 Å². The summed E-state index contributed by atoms with van der Waals surface area (Å²) in [5, 5.41) is 4.35. The quantitative estimate of drug-likeness (QED) is 0.654. The summed E-state index contributed by atoms with van der Waals surface area (Å²) in [6, 6.07) is 2.70. The number of hydrogen-bond acceptors (Lipinski definition) is 2. The van der Waals surface area contributed by atoms with Crippen molar-refractivity contribution >= 4 is 0 Å². The molecule has 3 nitrogen and oxygen atoms in total. The van der Waals surface area contributed by atoms with Crippen LogP contribution in [-0.2, 0) is 11.3 Å². The summed E-state index contributed by atoms with van der Waals surface area (Å²) >= 11 is 0. The molecule has 11 heavy (non-hydrogen) atoms. The van der Waals surface area contributed by atoms with E-state index in [0.717, 1.165) is 5.69 Å². The van der Waals surface area contributed by atoms with Gasteiger partial charge in [-0.3, -0.25) is 4.68 Å². The van der Waals surface area contributed by atoms with Crippen molar-refractivity contribution in [1.29, 1.82) is 0 Å². The Morgan fingerprint density at radius 3 is 3.18 bits per heavy atom. The van der Waals surface area contributed by atoms with Crippen molar-refractivity contribution < 1.29 is 4.74 Å². The number of ether oxygens (including phenoxy) is 1. The van der Waals surface area contributed by atoms with Crippen LogP contribution in [0.25, 0.3) is 0 Å². The van der Waals surface area contributed by atoms with E-state index in [1.165, 1.54) is 12.8 Å². The van der Waals surface area contributed by atoms with Crippen LogP contribution in [0.2, 0.25) is 0 Å². The van der Waals surface area contributed by atoms with Gasteiger partial charge in [-0.15, -0.1) is 0 Å². The van der Waals surface area contributed by atoms with Crippen molar-refractivity contribution in [3.05, 3.63) is 18.0 Å². The van der Waals surface area contributed by atoms with E-state index in [9.17, 15) is 0 Å². The van der Waals surface area contributed by atoms with E-state index in [4.69, 9.17) is 4.74 Å². The smallest absolute Gasteiger partial charge is 0.0902 e. The second-order valence-electron chi connectivity index (χ2n) is 2.95. The first-order chi connectivity index (χ1) is 5.40. The van der Waals surface area contributed by atoms with Gasteiger partial charge >= 0.3 is 0 Å². The van der Waals surface area contributed by atoms with Crippen LogP contribution >= 0.6 is 0 Å². The van der Waals surface area contributed by atoms with E-state index in [1.54, 1.807) is 7.11 Å². The fraction of sp³-hybridized carbons (Fsp3) is 0.625. The van der Waals surface area contributed by atoms with Gasteiger partial charge < -0.3 is 4.74 Å². The SMILES string of the molecule is COCc1ccn(C2CC2)n1. The summed E-state index contributed by atoms with van der Waals surface area (Å²) in [6.07, 6.45) is 4.61. The molecule has 0 saturated heterocycles. The summed E-state index contributed by atoms with van der Waals surface area (Å²) in [7, 11) is 1.69. The van der Waals surface area contributed by atoms with Crippen LogP contribution < -0.4 is 0 Å². The molecule has 1 saturated carbocycles. The van der Waals surface area contributed by atoms with E-state index >= 15 is 0 Å². The van der Waals surface area contributed by atoms with Crippen molar-refractivity contribution in [3.8, 4) is 0 Å². The van der Waals surface area contributed by atoms with Crippen molar-refractivity contribution in [2.24, 2.45) is 0 Å². The third-order valence-corrected chi connectivity index (χ3v) is 1.88. The van der Waals surface area contributed by atoms with E-state index in [2.05, 4.69) is 5.10 Å². The van der Waals surface area contributed by atoms with Gasteiger partial charge in [0.05, 0.1) is 18.3 Å². The highest BCUT2D eigenvalue weighted by Crippen LogP contribution is 2.33. The Bertz CT molecular complexity index is 240. The average Bonchev–Trinajstić information content (AvgIpc) is 2.75. The third kappa shape index (κ3) is 1.43. The molecule has 0 unspecified atom stereocenters. The third-order valence-electron chi connectivity index (χ3n) is 1.88. The van der Waals surface area contributed by atoms with E-state index in [0.29, 0.717) is 12.6 Å². The molecular weight excluding hydrogens is 140 g/mol. The summed E-state index contributed by atoms with van der Waals surface area (Å²) in [5.41, 5.74) is 1.03. The number of hydrogen-bond donors (Lipinski definition) is 0. The predicted molar refractivity (Wildman–Crippen MR) is 41.2 cm³/mol. The molecular formula is C8H12N2O. The monoisotopic (exact) mass is 152 g/mol. The maximum Gasteiger partial charge on any atom is 0.0902 e. The topological polar surface area (TPSA) is 27.1 Å². The second kappa shape index (κ2) is 2.66. The predicted octanol–water partition coefficient (Wildman–Crippen LogP) is 1.36. The summed E-state index contributed by atoms with van der Waals surface area (Å²) < 4.78 is 7.00. The van der Waals surface area contributed by atoms with Crippen LogP contribution in [0.5, 0.6) is 0 Å². The molecule has 0 aliphatic heterocycles. The molecule has 1 aromatic heterocycles. The van der Waals surface area contributed by atoms with Gasteiger partial charge in [0.1, 0.15) is 0 Å². The molecule has 0 amide bonds. The molecule has 0 bridgehead atoms. The van der Waals surface area contributed by atoms with Crippen LogP contribution in [-0.4, -0.2) is 16.9 Å². The fourth-order valence-corrected chi connectivity index (χ4v) is 1.14. The first kappa shape index (κ1) is 6.85. The van der Waals surface area contributed by atoms with Gasteiger partial charge in [-0.1, -0.05) is 0 Å². The molecule has 1 aliphatic carbocycles. The minimum atomic E-state index is 0.625. The van der Waals surface area contributed by atoms with Gasteiger partial charge in [-0.05, 0) is 18.9 Å². The zero-order valence-electron chi connectivity index (χ0n) is 6.66. The zero-order valence-corrected chi connectivity index (χ0v) is 6.66. The Balaban J connectivity index is 2.06. The fourth-order valence-electron chi connectivity index (χ4n) is 1.14. The zero-order chi connectivity index (χ0) is 7.68. The molecule has 2 rings (SSSR count). The van der Waals surface area contributed by atoms with Gasteiger partial charge in [0.25, 0.3) is 0 Å². The molecule has 1 aliphatic rings. The maximum absolute atomic E-state index is 4.97. The molecule has 1 heterocycles. The normalized spacial score (nSPS) is 17.2. The summed E-state index contributed by atoms with van der Waals surface area (Å²) in [5.74, 6) is 0. The lowest BCUT2D eigenvalue weighted by Crippen LogP contribution is -1.96. The number of aromatic nitrogens is 2. The molecule has 3 heteroatoms. The van der Waals surface area contributed by atoms with Gasteiger partial charge in [0.2, 0.25) is 0 Å². The lowest BCUT2D eigenvalue weighted by Gasteiger charge is -1.94. The highest BCUT2D eigenvalue weighted by Gasteiger charge is 2.23. The highest BCUT2D eigenvalue weighted by molar-refractivity contribution is 4.99. The van der Waals surface area contributed by atoms with E-state index in [-0.39, 0.29) is 0 Å². The second-order valence-corrected chi connectivity index (χ2v) is 2.95. The first-order valence-corrected chi connectivity index (χ1v) is 3.93. The molecule has 0 spiro atoms. The Labute approximate surface area is 66.0 Å². The highest BCUT2D eigenvalue weighted by atomic mass is 16.5.